The van der Waals surface area contributed by atoms with Gasteiger partial charge in [-0.25, -0.2) is 0 Å². The summed E-state index contributed by atoms with van der Waals surface area (Å²) < 4.78 is 6.03. The number of nitro benzene ring substituents is 1. The summed E-state index contributed by atoms with van der Waals surface area (Å²) >= 11 is 6.00. The average Bonchev–Trinajstić information content (AvgIpc) is 2.93. The molecule has 1 atom stereocenters. The maximum atomic E-state index is 13.6. The molecule has 3 aromatic carbocycles. The van der Waals surface area contributed by atoms with E-state index in [0.717, 1.165) is 22.3 Å². The molecule has 0 fully saturated rings. The highest BCUT2D eigenvalue weighted by atomic mass is 35.5. The van der Waals surface area contributed by atoms with Crippen molar-refractivity contribution in [3.05, 3.63) is 121 Å². The third kappa shape index (κ3) is 4.92. The molecule has 2 N–H and O–H groups in total. The van der Waals surface area contributed by atoms with Crippen molar-refractivity contribution in [2.45, 2.75) is 45.6 Å². The van der Waals surface area contributed by atoms with Crippen LogP contribution >= 0.6 is 11.6 Å². The number of nitro groups is 1. The number of anilines is 1. The van der Waals surface area contributed by atoms with Gasteiger partial charge in [0.15, 0.2) is 5.78 Å². The third-order valence-corrected chi connectivity index (χ3v) is 7.68. The smallest absolute Gasteiger partial charge is 0.271 e. The minimum atomic E-state index is -0.656. The predicted molar refractivity (Wildman–Crippen MR) is 153 cm³/mol. The van der Waals surface area contributed by atoms with Crippen LogP contribution in [0.2, 0.25) is 5.02 Å². The van der Waals surface area contributed by atoms with Crippen molar-refractivity contribution in [2.24, 2.45) is 5.73 Å². The fraction of sp³-hybridized carbons (Fsp3) is 0.226. The minimum Gasteiger partial charge on any atom is -0.489 e. The topological polar surface area (TPSA) is 122 Å². The summed E-state index contributed by atoms with van der Waals surface area (Å²) in [7, 11) is 0. The van der Waals surface area contributed by atoms with Crippen LogP contribution in [0.25, 0.3) is 0 Å². The van der Waals surface area contributed by atoms with Gasteiger partial charge in [0.25, 0.3) is 5.69 Å². The van der Waals surface area contributed by atoms with Crippen LogP contribution in [0, 0.1) is 35.3 Å². The number of ketones is 1. The zero-order valence-electron chi connectivity index (χ0n) is 22.1. The van der Waals surface area contributed by atoms with Crippen LogP contribution in [0.1, 0.15) is 47.4 Å². The molecule has 0 spiro atoms. The van der Waals surface area contributed by atoms with E-state index < -0.39 is 10.8 Å². The van der Waals surface area contributed by atoms with Gasteiger partial charge in [0.05, 0.1) is 28.2 Å². The van der Waals surface area contributed by atoms with Crippen molar-refractivity contribution in [3.63, 3.8) is 0 Å². The highest BCUT2D eigenvalue weighted by Gasteiger charge is 2.41. The number of Topliss-reactive ketones (excluding diaryl/α,β-unsaturated/α-hetero) is 1. The number of non-ortho nitro benzene ring substituents is 1. The van der Waals surface area contributed by atoms with Crippen molar-refractivity contribution in [1.82, 2.24) is 0 Å². The molecule has 1 unspecified atom stereocenters. The van der Waals surface area contributed by atoms with Crippen LogP contribution in [0.3, 0.4) is 0 Å². The summed E-state index contributed by atoms with van der Waals surface area (Å²) in [6.07, 6.45) is 1.53. The lowest BCUT2D eigenvalue weighted by Crippen LogP contribution is -2.39. The van der Waals surface area contributed by atoms with E-state index >= 15 is 0 Å². The molecule has 202 valence electrons. The van der Waals surface area contributed by atoms with Gasteiger partial charge in [-0.2, -0.15) is 5.26 Å². The van der Waals surface area contributed by atoms with Crippen molar-refractivity contribution in [2.75, 3.05) is 4.90 Å². The molecule has 3 aromatic rings. The number of nitrogens with zero attached hydrogens (tertiary/aromatic N) is 3. The minimum absolute atomic E-state index is 0.0539. The van der Waals surface area contributed by atoms with Crippen LogP contribution in [0.15, 0.2) is 83.3 Å². The zero-order valence-corrected chi connectivity index (χ0v) is 22.9. The molecule has 0 saturated heterocycles. The Morgan fingerprint density at radius 1 is 1.15 bits per heavy atom. The second-order valence-corrected chi connectivity index (χ2v) is 10.4. The lowest BCUT2D eigenvalue weighted by atomic mass is 9.73. The van der Waals surface area contributed by atoms with E-state index in [2.05, 4.69) is 6.07 Å². The van der Waals surface area contributed by atoms with Gasteiger partial charge in [-0.15, -0.1) is 0 Å². The van der Waals surface area contributed by atoms with E-state index in [-0.39, 0.29) is 29.5 Å². The predicted octanol–water partition coefficient (Wildman–Crippen LogP) is 6.75. The van der Waals surface area contributed by atoms with Crippen molar-refractivity contribution in [3.8, 4) is 11.8 Å². The normalized spacial score (nSPS) is 17.0. The highest BCUT2D eigenvalue weighted by molar-refractivity contribution is 6.30. The molecule has 5 rings (SSSR count). The summed E-state index contributed by atoms with van der Waals surface area (Å²) in [6, 6.07) is 19.5. The second-order valence-electron chi connectivity index (χ2n) is 9.97. The Bertz CT molecular complexity index is 1640. The fourth-order valence-corrected chi connectivity index (χ4v) is 5.67. The number of ether oxygens (including phenoxy) is 1. The summed E-state index contributed by atoms with van der Waals surface area (Å²) in [5.74, 6) is 0.131. The first kappa shape index (κ1) is 27.0. The number of halogens is 1. The Balaban J connectivity index is 1.63. The van der Waals surface area contributed by atoms with Crippen LogP contribution in [0.5, 0.6) is 5.75 Å². The van der Waals surface area contributed by atoms with Gasteiger partial charge < -0.3 is 10.5 Å². The first-order valence-electron chi connectivity index (χ1n) is 12.9. The number of carbonyl (C=O) groups is 1. The van der Waals surface area contributed by atoms with Gasteiger partial charge in [-0.1, -0.05) is 35.4 Å². The van der Waals surface area contributed by atoms with Gasteiger partial charge in [0.1, 0.15) is 18.2 Å². The van der Waals surface area contributed by atoms with E-state index in [1.54, 1.807) is 41.3 Å². The summed E-state index contributed by atoms with van der Waals surface area (Å²) in [4.78, 5) is 26.2. The van der Waals surface area contributed by atoms with E-state index in [4.69, 9.17) is 22.1 Å². The van der Waals surface area contributed by atoms with E-state index in [0.29, 0.717) is 47.0 Å². The van der Waals surface area contributed by atoms with Crippen molar-refractivity contribution in [1.29, 1.82) is 5.26 Å². The molecule has 0 radical (unpaired) electrons. The van der Waals surface area contributed by atoms with Crippen LogP contribution < -0.4 is 15.4 Å². The number of nitrogens with two attached hydrogens (primary N) is 1. The van der Waals surface area contributed by atoms with Crippen LogP contribution in [0.4, 0.5) is 11.4 Å². The Hall–Kier alpha value is -4.61. The first-order chi connectivity index (χ1) is 19.2. The largest absolute Gasteiger partial charge is 0.489 e. The molecule has 8 nitrogen and oxygen atoms in total. The van der Waals surface area contributed by atoms with E-state index in [9.17, 15) is 20.2 Å². The molecule has 0 amide bonds. The molecule has 40 heavy (non-hydrogen) atoms. The van der Waals surface area contributed by atoms with Gasteiger partial charge in [-0.3, -0.25) is 19.8 Å². The van der Waals surface area contributed by atoms with Crippen LogP contribution in [-0.2, 0) is 11.4 Å². The summed E-state index contributed by atoms with van der Waals surface area (Å²) in [5, 5.41) is 22.5. The van der Waals surface area contributed by atoms with Gasteiger partial charge >= 0.3 is 0 Å². The quantitative estimate of drug-likeness (QED) is 0.264. The Morgan fingerprint density at radius 2 is 1.90 bits per heavy atom. The molecule has 0 saturated carbocycles. The lowest BCUT2D eigenvalue weighted by molar-refractivity contribution is -0.384. The molecular weight excluding hydrogens is 528 g/mol. The number of rotatable bonds is 6. The average molecular weight is 555 g/mol. The van der Waals surface area contributed by atoms with Crippen molar-refractivity contribution >= 4 is 28.8 Å². The molecule has 1 aliphatic heterocycles. The standard InChI is InChI=1S/C31H27ClN4O4/c1-18-13-20(17-40-24-11-9-21(32)10-12-24)19(2)25(14-18)29-26(16-33)31(34)35(27-7-4-8-28(37)30(27)29)22-5-3-6-23(15-22)36(38)39/h3,5-6,9-15,29H,4,7-8,17,34H2,1-2H3. The van der Waals surface area contributed by atoms with Crippen molar-refractivity contribution < 1.29 is 14.5 Å². The van der Waals surface area contributed by atoms with Gasteiger partial charge in [-0.05, 0) is 73.7 Å². The number of hydrogen-bond acceptors (Lipinski definition) is 7. The molecule has 0 aromatic heterocycles. The Kier molecular flexibility index (Phi) is 7.33. The summed E-state index contributed by atoms with van der Waals surface area (Å²) in [5.41, 5.74) is 12.0. The Morgan fingerprint density at radius 3 is 2.60 bits per heavy atom. The monoisotopic (exact) mass is 554 g/mol. The van der Waals surface area contributed by atoms with Gasteiger partial charge in [0.2, 0.25) is 0 Å². The number of aryl methyl sites for hydroxylation is 1. The molecule has 0 bridgehead atoms. The first-order valence-corrected chi connectivity index (χ1v) is 13.3. The number of carbonyl (C=O) groups excluding carboxylic acids is 1. The maximum absolute atomic E-state index is 13.6. The lowest BCUT2D eigenvalue weighted by Gasteiger charge is -2.40. The molecule has 9 heteroatoms. The van der Waals surface area contributed by atoms with E-state index in [1.807, 2.05) is 26.0 Å². The molecule has 2 aliphatic rings. The third-order valence-electron chi connectivity index (χ3n) is 7.43. The summed E-state index contributed by atoms with van der Waals surface area (Å²) in [6.45, 7) is 4.21. The second kappa shape index (κ2) is 10.9. The molecular formula is C31H27ClN4O4. The van der Waals surface area contributed by atoms with Crippen LogP contribution in [-0.4, -0.2) is 10.7 Å². The number of hydrogen-bond donors (Lipinski definition) is 1. The Labute approximate surface area is 237 Å². The SMILES string of the molecule is Cc1cc(COc2ccc(Cl)cc2)c(C)c(C2C(C#N)=C(N)N(c3cccc([N+](=O)[O-])c3)C3=C2C(=O)CCC3)c1. The maximum Gasteiger partial charge on any atom is 0.271 e. The molecule has 1 heterocycles. The van der Waals surface area contributed by atoms with Gasteiger partial charge in [0, 0.05) is 34.8 Å². The number of nitriles is 1. The highest BCUT2D eigenvalue weighted by Crippen LogP contribution is 2.47. The fourth-order valence-electron chi connectivity index (χ4n) is 5.54. The van der Waals surface area contributed by atoms with E-state index in [1.165, 1.54) is 12.1 Å². The zero-order chi connectivity index (χ0) is 28.6. The molecule has 1 aliphatic carbocycles. The number of benzene rings is 3. The number of allylic oxidation sites excluding steroid dienone is 3.